The molecule has 8 atom stereocenters. The van der Waals surface area contributed by atoms with E-state index in [1.807, 2.05) is 7.11 Å². The molecule has 0 amide bonds. The van der Waals surface area contributed by atoms with E-state index in [4.69, 9.17) is 4.74 Å². The smallest absolute Gasteiger partial charge is 0.247 e. The summed E-state index contributed by atoms with van der Waals surface area (Å²) in [6.45, 7) is 4.13. The first kappa shape index (κ1) is 21.1. The summed E-state index contributed by atoms with van der Waals surface area (Å²) in [5.41, 5.74) is 1.44. The summed E-state index contributed by atoms with van der Waals surface area (Å²) in [7, 11) is 1.90. The molecule has 0 aromatic rings. The lowest BCUT2D eigenvalue weighted by Gasteiger charge is -2.46. The van der Waals surface area contributed by atoms with Crippen molar-refractivity contribution < 1.29 is 13.5 Å². The predicted octanol–water partition coefficient (Wildman–Crippen LogP) is 7.49. The van der Waals surface area contributed by atoms with Crippen molar-refractivity contribution in [1.82, 2.24) is 0 Å². The largest absolute Gasteiger partial charge is 0.381 e. The van der Waals surface area contributed by atoms with E-state index >= 15 is 0 Å². The molecule has 0 aromatic heterocycles. The van der Waals surface area contributed by atoms with E-state index in [-0.39, 0.29) is 20.3 Å². The first-order chi connectivity index (χ1) is 12.8. The molecule has 162 valence electrons. The van der Waals surface area contributed by atoms with Crippen molar-refractivity contribution in [3.8, 4) is 0 Å². The van der Waals surface area contributed by atoms with Crippen molar-refractivity contribution >= 4 is 0 Å². The summed E-state index contributed by atoms with van der Waals surface area (Å²) in [4.78, 5) is 0. The fraction of sp³-hybridized carbons (Fsp3) is 1.00. The molecule has 5 aliphatic carbocycles. The van der Waals surface area contributed by atoms with Gasteiger partial charge in [0.15, 0.2) is 0 Å². The van der Waals surface area contributed by atoms with Crippen molar-refractivity contribution in [2.75, 3.05) is 7.11 Å². The molecule has 1 nitrogen and oxygen atoms in total. The second-order valence-corrected chi connectivity index (χ2v) is 11.1. The maximum Gasteiger partial charge on any atom is 0.247 e. The first-order valence-electron chi connectivity index (χ1n) is 11.7. The molecule has 28 heavy (non-hydrogen) atoms. The van der Waals surface area contributed by atoms with Crippen molar-refractivity contribution in [3.05, 3.63) is 0 Å². The highest BCUT2D eigenvalue weighted by Crippen LogP contribution is 2.91. The Morgan fingerprint density at radius 1 is 0.964 bits per heavy atom. The molecule has 5 rings (SSSR count). The average molecular weight is 397 g/mol. The molecular formula is C25H42F2O. The first-order valence-corrected chi connectivity index (χ1v) is 11.7. The lowest BCUT2D eigenvalue weighted by Crippen LogP contribution is -2.39. The van der Waals surface area contributed by atoms with Gasteiger partial charge in [-0.3, -0.25) is 0 Å². The number of rotatable bonds is 5. The van der Waals surface area contributed by atoms with Crippen LogP contribution >= 0.6 is 0 Å². The SMILES string of the molecule is C.CCC(F)(F)CCC1CCC2C1(C)CCC1C34CC(OC)CCC3CCC214. The molecule has 0 saturated heterocycles. The van der Waals surface area contributed by atoms with Crippen LogP contribution < -0.4 is 0 Å². The fourth-order valence-electron chi connectivity index (χ4n) is 9.74. The van der Waals surface area contributed by atoms with Crippen LogP contribution in [-0.4, -0.2) is 19.1 Å². The van der Waals surface area contributed by atoms with Gasteiger partial charge in [-0.1, -0.05) is 21.3 Å². The topological polar surface area (TPSA) is 9.23 Å². The van der Waals surface area contributed by atoms with Crippen molar-refractivity contribution in [3.63, 3.8) is 0 Å². The van der Waals surface area contributed by atoms with E-state index in [0.717, 1.165) is 24.2 Å². The number of ether oxygens (including phenoxy) is 1. The predicted molar refractivity (Wildman–Crippen MR) is 110 cm³/mol. The minimum absolute atomic E-state index is 0. The molecule has 5 aliphatic rings. The van der Waals surface area contributed by atoms with Crippen LogP contribution in [0.5, 0.6) is 0 Å². The quantitative estimate of drug-likeness (QED) is 0.468. The van der Waals surface area contributed by atoms with Gasteiger partial charge >= 0.3 is 0 Å². The van der Waals surface area contributed by atoms with Gasteiger partial charge in [0.1, 0.15) is 0 Å². The summed E-state index contributed by atoms with van der Waals surface area (Å²) < 4.78 is 33.7. The van der Waals surface area contributed by atoms with Gasteiger partial charge in [0.05, 0.1) is 6.10 Å². The lowest BCUT2D eigenvalue weighted by atomic mass is 9.59. The minimum atomic E-state index is -2.46. The Morgan fingerprint density at radius 2 is 1.75 bits per heavy atom. The molecule has 0 bridgehead atoms. The van der Waals surface area contributed by atoms with Gasteiger partial charge in [-0.2, -0.15) is 0 Å². The van der Waals surface area contributed by atoms with Crippen molar-refractivity contribution in [2.45, 2.75) is 110 Å². The molecule has 0 N–H and O–H groups in total. The number of methoxy groups -OCH3 is 1. The van der Waals surface area contributed by atoms with Gasteiger partial charge in [-0.05, 0) is 104 Å². The van der Waals surface area contributed by atoms with Crippen molar-refractivity contribution in [1.29, 1.82) is 0 Å². The molecule has 0 aromatic carbocycles. The fourth-order valence-corrected chi connectivity index (χ4v) is 9.74. The standard InChI is InChI=1S/C24H38F2O.CH4/c1-4-22(25,26)13-9-16-6-8-19-21(16,2)12-11-20-23(19)14-10-17-5-7-18(27-3)15-24(17,20)23;/h16-20H,4-15H2,1-3H3;1H4. The van der Waals surface area contributed by atoms with Gasteiger partial charge in [0.25, 0.3) is 0 Å². The number of alkyl halides is 2. The second-order valence-electron chi connectivity index (χ2n) is 11.1. The maximum atomic E-state index is 13.9. The van der Waals surface area contributed by atoms with Crippen LogP contribution in [0.3, 0.4) is 0 Å². The van der Waals surface area contributed by atoms with Crippen LogP contribution in [0.1, 0.15) is 98.3 Å². The zero-order chi connectivity index (χ0) is 19.1. The third-order valence-corrected chi connectivity index (χ3v) is 10.9. The summed E-state index contributed by atoms with van der Waals surface area (Å²) in [6.07, 6.45) is 13.2. The van der Waals surface area contributed by atoms with E-state index in [0.29, 0.717) is 28.3 Å². The van der Waals surface area contributed by atoms with Gasteiger partial charge < -0.3 is 4.74 Å². The van der Waals surface area contributed by atoms with Crippen LogP contribution in [0.25, 0.3) is 0 Å². The number of hydrogen-bond donors (Lipinski definition) is 0. The highest BCUT2D eigenvalue weighted by atomic mass is 19.3. The third kappa shape index (κ3) is 2.44. The highest BCUT2D eigenvalue weighted by molar-refractivity contribution is 5.33. The van der Waals surface area contributed by atoms with E-state index in [1.165, 1.54) is 57.8 Å². The van der Waals surface area contributed by atoms with Crippen LogP contribution in [0.2, 0.25) is 0 Å². The lowest BCUT2D eigenvalue weighted by molar-refractivity contribution is -0.0304. The highest BCUT2D eigenvalue weighted by Gasteiger charge is 2.86. The van der Waals surface area contributed by atoms with Crippen LogP contribution in [-0.2, 0) is 4.74 Å². The van der Waals surface area contributed by atoms with Crippen LogP contribution in [0.4, 0.5) is 8.78 Å². The van der Waals surface area contributed by atoms with E-state index in [9.17, 15) is 8.78 Å². The third-order valence-electron chi connectivity index (χ3n) is 10.9. The van der Waals surface area contributed by atoms with Gasteiger partial charge in [0, 0.05) is 20.0 Å². The zero-order valence-electron chi connectivity index (χ0n) is 17.5. The normalized spacial score (nSPS) is 51.5. The summed E-state index contributed by atoms with van der Waals surface area (Å²) in [5, 5.41) is 0. The summed E-state index contributed by atoms with van der Waals surface area (Å²) in [6, 6.07) is 0. The van der Waals surface area contributed by atoms with Gasteiger partial charge in [-0.15, -0.1) is 0 Å². The van der Waals surface area contributed by atoms with Crippen molar-refractivity contribution in [2.24, 2.45) is 39.9 Å². The molecule has 5 fully saturated rings. The zero-order valence-corrected chi connectivity index (χ0v) is 17.5. The monoisotopic (exact) mass is 396 g/mol. The Labute approximate surface area is 171 Å². The average Bonchev–Trinajstić information content (AvgIpc) is 2.92. The molecule has 2 spiro atoms. The Morgan fingerprint density at radius 3 is 2.46 bits per heavy atom. The Hall–Kier alpha value is -0.180. The van der Waals surface area contributed by atoms with Gasteiger partial charge in [0.2, 0.25) is 5.92 Å². The molecular weight excluding hydrogens is 354 g/mol. The molecule has 8 unspecified atom stereocenters. The second kappa shape index (κ2) is 6.66. The molecule has 5 saturated carbocycles. The Bertz CT molecular complexity index is 605. The number of halogens is 2. The van der Waals surface area contributed by atoms with E-state index in [1.54, 1.807) is 6.92 Å². The van der Waals surface area contributed by atoms with Gasteiger partial charge in [-0.25, -0.2) is 8.78 Å². The van der Waals surface area contributed by atoms with Crippen LogP contribution in [0.15, 0.2) is 0 Å². The number of fused-ring (bicyclic) bond motifs is 1. The Balaban J connectivity index is 0.00000192. The minimum Gasteiger partial charge on any atom is -0.381 e. The number of hydrogen-bond acceptors (Lipinski definition) is 1. The maximum absolute atomic E-state index is 13.9. The Kier molecular flexibility index (Phi) is 5.01. The summed E-state index contributed by atoms with van der Waals surface area (Å²) >= 11 is 0. The molecule has 0 aliphatic heterocycles. The molecule has 0 heterocycles. The molecule has 3 heteroatoms. The molecule has 0 radical (unpaired) electrons. The van der Waals surface area contributed by atoms with Crippen LogP contribution in [0, 0.1) is 39.9 Å². The van der Waals surface area contributed by atoms with E-state index < -0.39 is 5.92 Å². The summed E-state index contributed by atoms with van der Waals surface area (Å²) in [5.74, 6) is 0.715. The van der Waals surface area contributed by atoms with E-state index in [2.05, 4.69) is 6.92 Å².